The van der Waals surface area contributed by atoms with E-state index in [0.29, 0.717) is 6.04 Å². The van der Waals surface area contributed by atoms with Gasteiger partial charge in [-0.05, 0) is 43.1 Å². The molecule has 2 N–H and O–H groups in total. The van der Waals surface area contributed by atoms with Gasteiger partial charge in [0.25, 0.3) is 0 Å². The molecule has 2 fully saturated rings. The van der Waals surface area contributed by atoms with Crippen LogP contribution in [0.5, 0.6) is 0 Å². The van der Waals surface area contributed by atoms with E-state index in [4.69, 9.17) is 0 Å². The van der Waals surface area contributed by atoms with Crippen LogP contribution >= 0.6 is 11.8 Å². The summed E-state index contributed by atoms with van der Waals surface area (Å²) in [4.78, 5) is 0. The Labute approximate surface area is 104 Å². The topological polar surface area (TPSA) is 32.3 Å². The third kappa shape index (κ3) is 3.64. The van der Waals surface area contributed by atoms with Gasteiger partial charge in [0.2, 0.25) is 0 Å². The molecule has 0 aromatic heterocycles. The van der Waals surface area contributed by atoms with Gasteiger partial charge in [-0.25, -0.2) is 0 Å². The summed E-state index contributed by atoms with van der Waals surface area (Å²) < 4.78 is 0. The molecule has 2 atom stereocenters. The first-order valence-corrected chi connectivity index (χ1v) is 7.87. The van der Waals surface area contributed by atoms with Gasteiger partial charge in [0.1, 0.15) is 0 Å². The van der Waals surface area contributed by atoms with Crippen molar-refractivity contribution in [1.82, 2.24) is 5.32 Å². The molecule has 0 amide bonds. The zero-order valence-corrected chi connectivity index (χ0v) is 11.2. The van der Waals surface area contributed by atoms with Crippen LogP contribution in [0.1, 0.15) is 45.4 Å². The Morgan fingerprint density at radius 3 is 2.75 bits per heavy atom. The third-order valence-corrected chi connectivity index (χ3v) is 5.07. The van der Waals surface area contributed by atoms with Crippen molar-refractivity contribution in [2.75, 3.05) is 18.1 Å². The van der Waals surface area contributed by atoms with Crippen LogP contribution in [-0.4, -0.2) is 34.8 Å². The van der Waals surface area contributed by atoms with Crippen molar-refractivity contribution in [3.8, 4) is 0 Å². The zero-order valence-electron chi connectivity index (χ0n) is 10.4. The third-order valence-electron chi connectivity index (χ3n) is 4.08. The van der Waals surface area contributed by atoms with E-state index in [2.05, 4.69) is 12.2 Å². The van der Waals surface area contributed by atoms with Crippen LogP contribution in [0.25, 0.3) is 0 Å². The molecule has 0 bridgehead atoms. The first-order valence-electron chi connectivity index (χ1n) is 6.71. The molecule has 2 nitrogen and oxygen atoms in total. The standard InChI is InChI=1S/C13H25NOS/c1-11-3-2-4-12(9-11)14-10-13(15)5-7-16-8-6-13/h11-12,14-15H,2-10H2,1H3. The smallest absolute Gasteiger partial charge is 0.0787 e. The Balaban J connectivity index is 1.73. The predicted octanol–water partition coefficient (Wildman–Crippen LogP) is 2.41. The van der Waals surface area contributed by atoms with E-state index >= 15 is 0 Å². The molecule has 1 aliphatic heterocycles. The molecule has 0 aromatic carbocycles. The highest BCUT2D eigenvalue weighted by Crippen LogP contribution is 2.28. The molecule has 3 heteroatoms. The van der Waals surface area contributed by atoms with Crippen molar-refractivity contribution < 1.29 is 5.11 Å². The van der Waals surface area contributed by atoms with Gasteiger partial charge in [0.15, 0.2) is 0 Å². The van der Waals surface area contributed by atoms with E-state index in [0.717, 1.165) is 36.8 Å². The van der Waals surface area contributed by atoms with Crippen LogP contribution < -0.4 is 5.32 Å². The minimum Gasteiger partial charge on any atom is -0.389 e. The fourth-order valence-electron chi connectivity index (χ4n) is 2.88. The highest BCUT2D eigenvalue weighted by atomic mass is 32.2. The summed E-state index contributed by atoms with van der Waals surface area (Å²) in [7, 11) is 0. The van der Waals surface area contributed by atoms with Crippen molar-refractivity contribution in [2.45, 2.75) is 57.1 Å². The Bertz CT molecular complexity index is 216. The lowest BCUT2D eigenvalue weighted by Crippen LogP contribution is -2.47. The minimum atomic E-state index is -0.411. The number of hydrogen-bond acceptors (Lipinski definition) is 3. The highest BCUT2D eigenvalue weighted by molar-refractivity contribution is 7.99. The molecule has 2 rings (SSSR count). The number of thioether (sulfide) groups is 1. The van der Waals surface area contributed by atoms with Gasteiger partial charge in [-0.15, -0.1) is 0 Å². The van der Waals surface area contributed by atoms with E-state index in [1.807, 2.05) is 11.8 Å². The molecule has 94 valence electrons. The van der Waals surface area contributed by atoms with Crippen molar-refractivity contribution in [3.05, 3.63) is 0 Å². The number of rotatable bonds is 3. The van der Waals surface area contributed by atoms with Gasteiger partial charge >= 0.3 is 0 Å². The maximum atomic E-state index is 10.4. The summed E-state index contributed by atoms with van der Waals surface area (Å²) in [5, 5.41) is 14.0. The lowest BCUT2D eigenvalue weighted by atomic mass is 9.86. The van der Waals surface area contributed by atoms with Crippen LogP contribution in [0.2, 0.25) is 0 Å². The molecule has 1 saturated heterocycles. The normalized spacial score (nSPS) is 34.9. The molecule has 0 radical (unpaired) electrons. The molecule has 16 heavy (non-hydrogen) atoms. The molecule has 1 aliphatic carbocycles. The lowest BCUT2D eigenvalue weighted by molar-refractivity contribution is 0.0276. The van der Waals surface area contributed by atoms with Crippen LogP contribution in [0, 0.1) is 5.92 Å². The van der Waals surface area contributed by atoms with Crippen molar-refractivity contribution in [1.29, 1.82) is 0 Å². The second kappa shape index (κ2) is 5.74. The largest absolute Gasteiger partial charge is 0.389 e. The molecular weight excluding hydrogens is 218 g/mol. The van der Waals surface area contributed by atoms with Crippen LogP contribution in [-0.2, 0) is 0 Å². The van der Waals surface area contributed by atoms with Gasteiger partial charge in [-0.1, -0.05) is 19.8 Å². The molecule has 2 unspecified atom stereocenters. The Hall–Kier alpha value is 0.270. The number of aliphatic hydroxyl groups is 1. The van der Waals surface area contributed by atoms with Crippen molar-refractivity contribution in [3.63, 3.8) is 0 Å². The zero-order chi connectivity index (χ0) is 11.4. The quantitative estimate of drug-likeness (QED) is 0.798. The number of hydrogen-bond donors (Lipinski definition) is 2. The summed E-state index contributed by atoms with van der Waals surface area (Å²) in [6.45, 7) is 3.16. The van der Waals surface area contributed by atoms with Gasteiger partial charge in [-0.3, -0.25) is 0 Å². The SMILES string of the molecule is CC1CCCC(NCC2(O)CCSCC2)C1. The Morgan fingerprint density at radius 2 is 2.06 bits per heavy atom. The van der Waals surface area contributed by atoms with Gasteiger partial charge in [0, 0.05) is 12.6 Å². The second-order valence-corrected chi connectivity index (χ2v) is 6.91. The first kappa shape index (κ1) is 12.7. The molecular formula is C13H25NOS. The van der Waals surface area contributed by atoms with Crippen LogP contribution in [0.4, 0.5) is 0 Å². The average molecular weight is 243 g/mol. The minimum absolute atomic E-state index is 0.411. The number of nitrogens with one attached hydrogen (secondary N) is 1. The summed E-state index contributed by atoms with van der Waals surface area (Å²) in [6, 6.07) is 0.655. The molecule has 0 spiro atoms. The predicted molar refractivity (Wildman–Crippen MR) is 70.9 cm³/mol. The van der Waals surface area contributed by atoms with Crippen LogP contribution in [0.3, 0.4) is 0 Å². The molecule has 0 aromatic rings. The fourth-order valence-corrected chi connectivity index (χ4v) is 4.13. The van der Waals surface area contributed by atoms with Gasteiger partial charge < -0.3 is 10.4 Å². The van der Waals surface area contributed by atoms with Gasteiger partial charge in [0.05, 0.1) is 5.60 Å². The van der Waals surface area contributed by atoms with E-state index in [-0.39, 0.29) is 0 Å². The summed E-state index contributed by atoms with van der Waals surface area (Å²) in [5.74, 6) is 3.11. The van der Waals surface area contributed by atoms with Crippen molar-refractivity contribution >= 4 is 11.8 Å². The molecule has 1 heterocycles. The average Bonchev–Trinajstić information content (AvgIpc) is 2.28. The van der Waals surface area contributed by atoms with E-state index in [9.17, 15) is 5.11 Å². The molecule has 2 aliphatic rings. The van der Waals surface area contributed by atoms with Gasteiger partial charge in [-0.2, -0.15) is 11.8 Å². The van der Waals surface area contributed by atoms with Crippen LogP contribution in [0.15, 0.2) is 0 Å². The maximum absolute atomic E-state index is 10.4. The highest BCUT2D eigenvalue weighted by Gasteiger charge is 2.30. The monoisotopic (exact) mass is 243 g/mol. The van der Waals surface area contributed by atoms with E-state index < -0.39 is 5.60 Å². The van der Waals surface area contributed by atoms with E-state index in [1.54, 1.807) is 0 Å². The fraction of sp³-hybridized carbons (Fsp3) is 1.00. The molecule has 1 saturated carbocycles. The maximum Gasteiger partial charge on any atom is 0.0787 e. The summed E-state index contributed by atoms with van der Waals surface area (Å²) in [6.07, 6.45) is 7.27. The lowest BCUT2D eigenvalue weighted by Gasteiger charge is -2.35. The Morgan fingerprint density at radius 1 is 1.31 bits per heavy atom. The second-order valence-electron chi connectivity index (χ2n) is 5.69. The first-order chi connectivity index (χ1) is 7.68. The summed E-state index contributed by atoms with van der Waals surface area (Å²) >= 11 is 1.97. The Kier molecular flexibility index (Phi) is 4.57. The summed E-state index contributed by atoms with van der Waals surface area (Å²) in [5.41, 5.74) is -0.411. The van der Waals surface area contributed by atoms with Crippen molar-refractivity contribution in [2.24, 2.45) is 5.92 Å². The van der Waals surface area contributed by atoms with E-state index in [1.165, 1.54) is 25.7 Å².